The molecule has 18 heavy (non-hydrogen) atoms. The van der Waals surface area contributed by atoms with E-state index >= 15 is 0 Å². The molecule has 0 saturated heterocycles. The molecule has 1 aromatic carbocycles. The topological polar surface area (TPSA) is 68.5 Å². The van der Waals surface area contributed by atoms with Crippen molar-refractivity contribution in [3.05, 3.63) is 58.5 Å². The number of pyridine rings is 1. The number of aromatic nitrogens is 1. The highest BCUT2D eigenvalue weighted by molar-refractivity contribution is 5.87. The van der Waals surface area contributed by atoms with Gasteiger partial charge in [0.15, 0.2) is 0 Å². The monoisotopic (exact) mass is 245 g/mol. The molecule has 2 rings (SSSR count). The summed E-state index contributed by atoms with van der Waals surface area (Å²) in [5.74, 6) is -0.404. The number of ether oxygens (including phenoxy) is 1. The molecular formula is C13H11NO4. The minimum Gasteiger partial charge on any atom is -0.497 e. The summed E-state index contributed by atoms with van der Waals surface area (Å²) in [5.41, 5.74) is 0.361. The summed E-state index contributed by atoms with van der Waals surface area (Å²) in [7, 11) is 1.55. The normalized spacial score (nSPS) is 10.1. The molecule has 0 aliphatic carbocycles. The molecule has 1 aromatic heterocycles. The summed E-state index contributed by atoms with van der Waals surface area (Å²) in [6, 6.07) is 9.29. The lowest BCUT2D eigenvalue weighted by Crippen LogP contribution is -2.18. The van der Waals surface area contributed by atoms with Crippen LogP contribution in [0.2, 0.25) is 0 Å². The molecule has 92 valence electrons. The van der Waals surface area contributed by atoms with Crippen LogP contribution in [0.1, 0.15) is 10.4 Å². The minimum atomic E-state index is -1.07. The molecule has 0 atom stereocenters. The van der Waals surface area contributed by atoms with Gasteiger partial charge < -0.3 is 9.84 Å². The van der Waals surface area contributed by atoms with Gasteiger partial charge in [0.05, 0.1) is 12.7 Å². The molecule has 0 fully saturated rings. The molecule has 1 heterocycles. The Morgan fingerprint density at radius 3 is 2.39 bits per heavy atom. The number of hydrogen-bond donors (Lipinski definition) is 1. The highest BCUT2D eigenvalue weighted by atomic mass is 16.5. The molecule has 0 aliphatic heterocycles. The molecule has 0 unspecified atom stereocenters. The van der Waals surface area contributed by atoms with Gasteiger partial charge in [-0.2, -0.15) is 0 Å². The molecule has 2 aromatic rings. The summed E-state index contributed by atoms with van der Waals surface area (Å²) in [6.07, 6.45) is 1.30. The van der Waals surface area contributed by atoms with Crippen LogP contribution in [0.25, 0.3) is 5.69 Å². The standard InChI is InChI=1S/C13H11NO4/c1-18-11-5-3-10(4-6-11)14-8-9(13(16)17)2-7-12(14)15/h2-8H,1H3,(H,16,17). The molecule has 0 spiro atoms. The van der Waals surface area contributed by atoms with Crippen LogP contribution in [0.15, 0.2) is 47.4 Å². The van der Waals surface area contributed by atoms with Crippen molar-refractivity contribution in [2.75, 3.05) is 7.11 Å². The zero-order chi connectivity index (χ0) is 13.1. The first-order valence-electron chi connectivity index (χ1n) is 5.22. The van der Waals surface area contributed by atoms with Gasteiger partial charge in [0.25, 0.3) is 5.56 Å². The summed E-state index contributed by atoms with van der Waals surface area (Å²) in [4.78, 5) is 22.5. The second kappa shape index (κ2) is 4.75. The molecule has 0 saturated carbocycles. The Hall–Kier alpha value is -2.56. The molecule has 0 aliphatic rings. The second-order valence-electron chi connectivity index (χ2n) is 3.63. The Morgan fingerprint density at radius 2 is 1.83 bits per heavy atom. The Morgan fingerprint density at radius 1 is 1.17 bits per heavy atom. The van der Waals surface area contributed by atoms with Crippen molar-refractivity contribution in [1.82, 2.24) is 4.57 Å². The number of carboxylic acids is 1. The molecule has 0 radical (unpaired) electrons. The highest BCUT2D eigenvalue weighted by Gasteiger charge is 2.06. The summed E-state index contributed by atoms with van der Waals surface area (Å²) in [6.45, 7) is 0. The van der Waals surface area contributed by atoms with Gasteiger partial charge in [0.1, 0.15) is 5.75 Å². The van der Waals surface area contributed by atoms with Gasteiger partial charge in [-0.15, -0.1) is 0 Å². The van der Waals surface area contributed by atoms with E-state index in [0.717, 1.165) is 0 Å². The number of hydrogen-bond acceptors (Lipinski definition) is 3. The highest BCUT2D eigenvalue weighted by Crippen LogP contribution is 2.13. The maximum atomic E-state index is 11.7. The number of methoxy groups -OCH3 is 1. The van der Waals surface area contributed by atoms with Crippen LogP contribution in [0.5, 0.6) is 5.75 Å². The zero-order valence-corrected chi connectivity index (χ0v) is 9.66. The van der Waals surface area contributed by atoms with Crippen LogP contribution in [0, 0.1) is 0 Å². The Labute approximate surface area is 103 Å². The molecular weight excluding hydrogens is 234 g/mol. The third-order valence-electron chi connectivity index (χ3n) is 2.51. The first-order valence-corrected chi connectivity index (χ1v) is 5.22. The van der Waals surface area contributed by atoms with E-state index in [0.29, 0.717) is 11.4 Å². The number of carbonyl (C=O) groups is 1. The fourth-order valence-corrected chi connectivity index (χ4v) is 1.56. The van der Waals surface area contributed by atoms with E-state index in [9.17, 15) is 9.59 Å². The van der Waals surface area contributed by atoms with Gasteiger partial charge in [0.2, 0.25) is 0 Å². The third-order valence-corrected chi connectivity index (χ3v) is 2.51. The lowest BCUT2D eigenvalue weighted by Gasteiger charge is -2.07. The van der Waals surface area contributed by atoms with Crippen molar-refractivity contribution in [1.29, 1.82) is 0 Å². The van der Waals surface area contributed by atoms with Crippen molar-refractivity contribution in [3.63, 3.8) is 0 Å². The Balaban J connectivity index is 2.51. The molecule has 0 bridgehead atoms. The fourth-order valence-electron chi connectivity index (χ4n) is 1.56. The number of carboxylic acid groups (broad SMARTS) is 1. The van der Waals surface area contributed by atoms with Gasteiger partial charge in [-0.1, -0.05) is 0 Å². The van der Waals surface area contributed by atoms with E-state index in [2.05, 4.69) is 0 Å². The fraction of sp³-hybridized carbons (Fsp3) is 0.0769. The minimum absolute atomic E-state index is 0.0606. The van der Waals surface area contributed by atoms with E-state index in [1.165, 1.54) is 22.9 Å². The lowest BCUT2D eigenvalue weighted by atomic mass is 10.2. The van der Waals surface area contributed by atoms with Gasteiger partial charge in [-0.3, -0.25) is 9.36 Å². The predicted octanol–water partition coefficient (Wildman–Crippen LogP) is 1.54. The van der Waals surface area contributed by atoms with E-state index in [4.69, 9.17) is 9.84 Å². The summed E-state index contributed by atoms with van der Waals surface area (Å²) < 4.78 is 6.30. The van der Waals surface area contributed by atoms with Gasteiger partial charge in [0, 0.05) is 18.0 Å². The SMILES string of the molecule is COc1ccc(-n2cc(C(=O)O)ccc2=O)cc1. The average Bonchev–Trinajstić information content (AvgIpc) is 2.39. The molecule has 1 N–H and O–H groups in total. The number of nitrogens with zero attached hydrogens (tertiary/aromatic N) is 1. The number of benzene rings is 1. The van der Waals surface area contributed by atoms with Gasteiger partial charge in [-0.25, -0.2) is 4.79 Å². The van der Waals surface area contributed by atoms with Crippen molar-refractivity contribution in [2.24, 2.45) is 0 Å². The first-order chi connectivity index (χ1) is 8.61. The smallest absolute Gasteiger partial charge is 0.337 e. The summed E-state index contributed by atoms with van der Waals surface area (Å²) in [5, 5.41) is 8.89. The second-order valence-corrected chi connectivity index (χ2v) is 3.63. The van der Waals surface area contributed by atoms with Crippen LogP contribution in [0.3, 0.4) is 0 Å². The summed E-state index contributed by atoms with van der Waals surface area (Å²) >= 11 is 0. The van der Waals surface area contributed by atoms with Crippen molar-refractivity contribution >= 4 is 5.97 Å². The van der Waals surface area contributed by atoms with Crippen LogP contribution < -0.4 is 10.3 Å². The number of rotatable bonds is 3. The van der Waals surface area contributed by atoms with Crippen molar-refractivity contribution in [3.8, 4) is 11.4 Å². The van der Waals surface area contributed by atoms with Crippen LogP contribution in [0.4, 0.5) is 0 Å². The molecule has 5 heteroatoms. The van der Waals surface area contributed by atoms with Gasteiger partial charge >= 0.3 is 5.97 Å². The lowest BCUT2D eigenvalue weighted by molar-refractivity contribution is 0.0696. The largest absolute Gasteiger partial charge is 0.497 e. The zero-order valence-electron chi connectivity index (χ0n) is 9.66. The van der Waals surface area contributed by atoms with Crippen LogP contribution in [-0.2, 0) is 0 Å². The van der Waals surface area contributed by atoms with E-state index in [1.807, 2.05) is 0 Å². The maximum Gasteiger partial charge on any atom is 0.337 e. The van der Waals surface area contributed by atoms with E-state index in [-0.39, 0.29) is 11.1 Å². The Bertz CT molecular complexity index is 628. The Kier molecular flexibility index (Phi) is 3.14. The van der Waals surface area contributed by atoms with Crippen molar-refractivity contribution < 1.29 is 14.6 Å². The van der Waals surface area contributed by atoms with Gasteiger partial charge in [-0.05, 0) is 30.3 Å². The number of aromatic carboxylic acids is 1. The van der Waals surface area contributed by atoms with Crippen LogP contribution >= 0.6 is 0 Å². The average molecular weight is 245 g/mol. The third kappa shape index (κ3) is 2.24. The van der Waals surface area contributed by atoms with Crippen LogP contribution in [-0.4, -0.2) is 22.8 Å². The maximum absolute atomic E-state index is 11.7. The molecule has 0 amide bonds. The predicted molar refractivity (Wildman–Crippen MR) is 65.6 cm³/mol. The quantitative estimate of drug-likeness (QED) is 0.890. The van der Waals surface area contributed by atoms with Crippen molar-refractivity contribution in [2.45, 2.75) is 0 Å². The van der Waals surface area contributed by atoms with E-state index < -0.39 is 5.97 Å². The van der Waals surface area contributed by atoms with E-state index in [1.54, 1.807) is 31.4 Å². The molecule has 5 nitrogen and oxygen atoms in total. The first kappa shape index (κ1) is 11.9.